The Morgan fingerprint density at radius 1 is 1.40 bits per heavy atom. The zero-order valence-corrected chi connectivity index (χ0v) is 8.04. The summed E-state index contributed by atoms with van der Waals surface area (Å²) in [4.78, 5) is 14.7. The molecular formula is C11H11NO3. The molecule has 15 heavy (non-hydrogen) atoms. The molecular weight excluding hydrogens is 194 g/mol. The molecule has 1 aromatic carbocycles. The fourth-order valence-electron chi connectivity index (χ4n) is 0.917. The van der Waals surface area contributed by atoms with Crippen LogP contribution in [0.5, 0.6) is 0 Å². The quantitative estimate of drug-likeness (QED) is 0.453. The first-order valence-electron chi connectivity index (χ1n) is 4.39. The Kier molecular flexibility index (Phi) is 4.66. The molecule has 0 bridgehead atoms. The molecule has 0 saturated heterocycles. The van der Waals surface area contributed by atoms with Crippen LogP contribution in [-0.2, 0) is 9.63 Å². The van der Waals surface area contributed by atoms with Gasteiger partial charge in [-0.05, 0) is 11.6 Å². The number of hydrogen-bond acceptors (Lipinski definition) is 3. The van der Waals surface area contributed by atoms with Gasteiger partial charge in [0.25, 0.3) is 0 Å². The van der Waals surface area contributed by atoms with Crippen LogP contribution < -0.4 is 0 Å². The normalized spacial score (nSPS) is 10.9. The van der Waals surface area contributed by atoms with Gasteiger partial charge in [-0.15, -0.1) is 0 Å². The predicted molar refractivity (Wildman–Crippen MR) is 57.6 cm³/mol. The van der Waals surface area contributed by atoms with E-state index in [1.54, 1.807) is 6.08 Å². The van der Waals surface area contributed by atoms with E-state index in [0.717, 1.165) is 5.56 Å². The number of aliphatic carboxylic acids is 1. The Morgan fingerprint density at radius 2 is 2.13 bits per heavy atom. The van der Waals surface area contributed by atoms with Crippen molar-refractivity contribution in [2.45, 2.75) is 0 Å². The molecule has 0 aromatic heterocycles. The van der Waals surface area contributed by atoms with Gasteiger partial charge in [-0.2, -0.15) is 0 Å². The molecule has 0 aliphatic heterocycles. The van der Waals surface area contributed by atoms with E-state index in [-0.39, 0.29) is 6.61 Å². The number of carbonyl (C=O) groups is 1. The molecule has 0 aliphatic rings. The minimum atomic E-state index is -1.12. The number of carboxylic acids is 1. The summed E-state index contributed by atoms with van der Waals surface area (Å²) < 4.78 is 0. The third-order valence-electron chi connectivity index (χ3n) is 1.52. The van der Waals surface area contributed by atoms with Crippen LogP contribution in [0.3, 0.4) is 0 Å². The molecule has 0 radical (unpaired) electrons. The molecule has 0 atom stereocenters. The van der Waals surface area contributed by atoms with E-state index in [9.17, 15) is 4.79 Å². The Bertz CT molecular complexity index is 357. The van der Waals surface area contributed by atoms with Crippen molar-refractivity contribution in [3.8, 4) is 0 Å². The van der Waals surface area contributed by atoms with Crippen molar-refractivity contribution in [2.24, 2.45) is 5.16 Å². The Labute approximate surface area is 87.5 Å². The monoisotopic (exact) mass is 205 g/mol. The second-order valence-corrected chi connectivity index (χ2v) is 2.68. The molecule has 1 aromatic rings. The van der Waals surface area contributed by atoms with Gasteiger partial charge in [0, 0.05) is 0 Å². The maximum atomic E-state index is 10.0. The third-order valence-corrected chi connectivity index (χ3v) is 1.52. The molecule has 1 N–H and O–H groups in total. The van der Waals surface area contributed by atoms with Gasteiger partial charge in [-0.25, -0.2) is 4.79 Å². The highest BCUT2D eigenvalue weighted by Crippen LogP contribution is 2.00. The van der Waals surface area contributed by atoms with Gasteiger partial charge in [-0.1, -0.05) is 41.6 Å². The van der Waals surface area contributed by atoms with Crippen molar-refractivity contribution in [3.63, 3.8) is 0 Å². The average Bonchev–Trinajstić information content (AvgIpc) is 2.24. The summed E-state index contributed by atoms with van der Waals surface area (Å²) in [5.41, 5.74) is 1.06. The molecule has 0 aliphatic carbocycles. The number of benzene rings is 1. The van der Waals surface area contributed by atoms with E-state index in [2.05, 4.69) is 9.99 Å². The lowest BCUT2D eigenvalue weighted by Crippen LogP contribution is -1.95. The summed E-state index contributed by atoms with van der Waals surface area (Å²) in [5, 5.41) is 11.4. The third kappa shape index (κ3) is 5.25. The van der Waals surface area contributed by atoms with Gasteiger partial charge in [0.2, 0.25) is 0 Å². The largest absolute Gasteiger partial charge is 0.477 e. The van der Waals surface area contributed by atoms with E-state index >= 15 is 0 Å². The van der Waals surface area contributed by atoms with Crippen molar-refractivity contribution >= 4 is 18.3 Å². The standard InChI is InChI=1S/C11H11NO3/c13-11(14)9-12-15-8-4-7-10-5-2-1-3-6-10/h1-7,9H,8H2,(H,13,14)/b7-4+,12-9+. The van der Waals surface area contributed by atoms with Gasteiger partial charge in [0.1, 0.15) is 6.61 Å². The lowest BCUT2D eigenvalue weighted by molar-refractivity contribution is -0.129. The Hall–Kier alpha value is -2.10. The maximum Gasteiger partial charge on any atom is 0.350 e. The van der Waals surface area contributed by atoms with E-state index in [1.165, 1.54) is 0 Å². The van der Waals surface area contributed by atoms with Crippen molar-refractivity contribution in [1.82, 2.24) is 0 Å². The zero-order chi connectivity index (χ0) is 10.9. The summed E-state index contributed by atoms with van der Waals surface area (Å²) in [6, 6.07) is 9.71. The van der Waals surface area contributed by atoms with Crippen LogP contribution in [0.15, 0.2) is 41.6 Å². The second kappa shape index (κ2) is 6.37. The molecule has 78 valence electrons. The molecule has 0 saturated carbocycles. The van der Waals surface area contributed by atoms with Crippen LogP contribution in [-0.4, -0.2) is 23.9 Å². The van der Waals surface area contributed by atoms with E-state index in [0.29, 0.717) is 6.21 Å². The summed E-state index contributed by atoms with van der Waals surface area (Å²) in [5.74, 6) is -1.12. The fraction of sp³-hybridized carbons (Fsp3) is 0.0909. The summed E-state index contributed by atoms with van der Waals surface area (Å²) in [6.45, 7) is 0.249. The molecule has 1 rings (SSSR count). The molecule has 0 fully saturated rings. The van der Waals surface area contributed by atoms with Crippen LogP contribution in [0.2, 0.25) is 0 Å². The average molecular weight is 205 g/mol. The Balaban J connectivity index is 2.26. The SMILES string of the molecule is O=C(O)/C=N/OC/C=C/c1ccccc1. The highest BCUT2D eigenvalue weighted by Gasteiger charge is 1.85. The van der Waals surface area contributed by atoms with Gasteiger partial charge < -0.3 is 9.94 Å². The molecule has 0 heterocycles. The minimum absolute atomic E-state index is 0.249. The van der Waals surface area contributed by atoms with E-state index in [1.807, 2.05) is 36.4 Å². The van der Waals surface area contributed by atoms with Crippen LogP contribution in [0.1, 0.15) is 5.56 Å². The van der Waals surface area contributed by atoms with Crippen LogP contribution in [0.4, 0.5) is 0 Å². The minimum Gasteiger partial charge on any atom is -0.477 e. The number of carboxylic acid groups (broad SMARTS) is 1. The van der Waals surface area contributed by atoms with Crippen molar-refractivity contribution in [1.29, 1.82) is 0 Å². The van der Waals surface area contributed by atoms with E-state index < -0.39 is 5.97 Å². The lowest BCUT2D eigenvalue weighted by atomic mass is 10.2. The number of hydrogen-bond donors (Lipinski definition) is 1. The fourth-order valence-corrected chi connectivity index (χ4v) is 0.917. The molecule has 4 nitrogen and oxygen atoms in total. The topological polar surface area (TPSA) is 58.9 Å². The highest BCUT2D eigenvalue weighted by molar-refractivity contribution is 6.21. The van der Waals surface area contributed by atoms with Gasteiger partial charge >= 0.3 is 5.97 Å². The smallest absolute Gasteiger partial charge is 0.350 e. The maximum absolute atomic E-state index is 10.0. The molecule has 4 heteroatoms. The summed E-state index contributed by atoms with van der Waals surface area (Å²) in [6.07, 6.45) is 4.33. The first kappa shape index (κ1) is 11.0. The van der Waals surface area contributed by atoms with Gasteiger partial charge in [-0.3, -0.25) is 0 Å². The molecule has 0 spiro atoms. The van der Waals surface area contributed by atoms with Crippen LogP contribution in [0.25, 0.3) is 6.08 Å². The number of nitrogens with zero attached hydrogens (tertiary/aromatic N) is 1. The molecule has 0 unspecified atom stereocenters. The van der Waals surface area contributed by atoms with Crippen molar-refractivity contribution in [2.75, 3.05) is 6.61 Å². The van der Waals surface area contributed by atoms with Gasteiger partial charge in [0.05, 0.1) is 0 Å². The Morgan fingerprint density at radius 3 is 2.80 bits per heavy atom. The van der Waals surface area contributed by atoms with Crippen LogP contribution in [0, 0.1) is 0 Å². The first-order chi connectivity index (χ1) is 7.29. The first-order valence-corrected chi connectivity index (χ1v) is 4.39. The zero-order valence-electron chi connectivity index (χ0n) is 8.04. The summed E-state index contributed by atoms with van der Waals surface area (Å²) >= 11 is 0. The highest BCUT2D eigenvalue weighted by atomic mass is 16.6. The van der Waals surface area contributed by atoms with Gasteiger partial charge in [0.15, 0.2) is 6.21 Å². The number of oxime groups is 1. The van der Waals surface area contributed by atoms with Crippen LogP contribution >= 0.6 is 0 Å². The lowest BCUT2D eigenvalue weighted by Gasteiger charge is -1.92. The van der Waals surface area contributed by atoms with E-state index in [4.69, 9.17) is 5.11 Å². The predicted octanol–water partition coefficient (Wildman–Crippen LogP) is 1.79. The molecule has 0 amide bonds. The van der Waals surface area contributed by atoms with Crippen molar-refractivity contribution < 1.29 is 14.7 Å². The van der Waals surface area contributed by atoms with Crippen molar-refractivity contribution in [3.05, 3.63) is 42.0 Å². The number of rotatable bonds is 5. The summed E-state index contributed by atoms with van der Waals surface area (Å²) in [7, 11) is 0. The second-order valence-electron chi connectivity index (χ2n) is 2.68.